The predicted molar refractivity (Wildman–Crippen MR) is 108 cm³/mol. The van der Waals surface area contributed by atoms with E-state index >= 15 is 0 Å². The summed E-state index contributed by atoms with van der Waals surface area (Å²) in [5.74, 6) is 1.28. The molecular weight excluding hydrogens is 405 g/mol. The molecule has 0 radical (unpaired) electrons. The first-order chi connectivity index (χ1) is 13.5. The smallest absolute Gasteiger partial charge is 0.259 e. The summed E-state index contributed by atoms with van der Waals surface area (Å²) < 4.78 is 16.2. The summed E-state index contributed by atoms with van der Waals surface area (Å²) in [5, 5.41) is 12.5. The zero-order valence-electron chi connectivity index (χ0n) is 15.1. The van der Waals surface area contributed by atoms with Crippen molar-refractivity contribution in [2.45, 2.75) is 6.61 Å². The number of halogens is 2. The number of benzene rings is 2. The fourth-order valence-corrected chi connectivity index (χ4v) is 3.29. The fraction of sp³-hybridized carbons (Fsp3) is 0.150. The Morgan fingerprint density at radius 2 is 1.89 bits per heavy atom. The van der Waals surface area contributed by atoms with Crippen molar-refractivity contribution in [2.75, 3.05) is 19.5 Å². The Kier molecular flexibility index (Phi) is 6.14. The van der Waals surface area contributed by atoms with Crippen LogP contribution >= 0.6 is 23.2 Å². The van der Waals surface area contributed by atoms with E-state index in [1.807, 2.05) is 0 Å². The highest BCUT2D eigenvalue weighted by Crippen LogP contribution is 2.35. The molecule has 0 unspecified atom stereocenters. The number of anilines is 1. The molecule has 2 N–H and O–H groups in total. The van der Waals surface area contributed by atoms with E-state index < -0.39 is 5.91 Å². The van der Waals surface area contributed by atoms with Crippen molar-refractivity contribution < 1.29 is 23.8 Å². The quantitative estimate of drug-likeness (QED) is 0.584. The normalized spacial score (nSPS) is 10.6. The summed E-state index contributed by atoms with van der Waals surface area (Å²) >= 11 is 12.1. The van der Waals surface area contributed by atoms with E-state index in [2.05, 4.69) is 5.32 Å². The maximum atomic E-state index is 12.7. The Morgan fingerprint density at radius 3 is 2.54 bits per heavy atom. The number of nitrogens with one attached hydrogen (secondary N) is 1. The molecule has 0 saturated carbocycles. The number of rotatable bonds is 6. The SMILES string of the molecule is COc1cc(NC(=O)c2cc(Cl)cc(Cl)c2OC)ccc1-c1ccc(CO)o1. The molecule has 0 aliphatic rings. The van der Waals surface area contributed by atoms with Crippen LogP contribution in [0.5, 0.6) is 11.5 Å². The van der Waals surface area contributed by atoms with E-state index in [-0.39, 0.29) is 22.9 Å². The number of carbonyl (C=O) groups excluding carboxylic acids is 1. The van der Waals surface area contributed by atoms with Crippen LogP contribution in [0.3, 0.4) is 0 Å². The van der Waals surface area contributed by atoms with Crippen LogP contribution in [0, 0.1) is 0 Å². The van der Waals surface area contributed by atoms with Crippen molar-refractivity contribution >= 4 is 34.8 Å². The summed E-state index contributed by atoms with van der Waals surface area (Å²) in [5.41, 5.74) is 1.39. The third-order valence-electron chi connectivity index (χ3n) is 4.00. The van der Waals surface area contributed by atoms with Crippen LogP contribution in [0.2, 0.25) is 10.0 Å². The molecule has 1 aromatic heterocycles. The van der Waals surface area contributed by atoms with Gasteiger partial charge in [-0.1, -0.05) is 23.2 Å². The second-order valence-corrected chi connectivity index (χ2v) is 6.61. The molecule has 3 rings (SSSR count). The molecule has 0 spiro atoms. The highest BCUT2D eigenvalue weighted by molar-refractivity contribution is 6.36. The molecule has 3 aromatic rings. The van der Waals surface area contributed by atoms with Gasteiger partial charge in [0.2, 0.25) is 0 Å². The first kappa shape index (κ1) is 20.1. The topological polar surface area (TPSA) is 80.9 Å². The van der Waals surface area contributed by atoms with Crippen LogP contribution in [-0.4, -0.2) is 25.2 Å². The Morgan fingerprint density at radius 1 is 1.11 bits per heavy atom. The largest absolute Gasteiger partial charge is 0.496 e. The molecule has 0 aliphatic heterocycles. The van der Waals surface area contributed by atoms with Crippen molar-refractivity contribution in [1.29, 1.82) is 0 Å². The summed E-state index contributed by atoms with van der Waals surface area (Å²) in [6, 6.07) is 11.5. The van der Waals surface area contributed by atoms with Crippen LogP contribution in [0.4, 0.5) is 5.69 Å². The van der Waals surface area contributed by atoms with Crippen LogP contribution in [0.1, 0.15) is 16.1 Å². The number of aliphatic hydroxyl groups excluding tert-OH is 1. The highest BCUT2D eigenvalue weighted by atomic mass is 35.5. The highest BCUT2D eigenvalue weighted by Gasteiger charge is 2.18. The molecule has 1 heterocycles. The summed E-state index contributed by atoms with van der Waals surface area (Å²) in [6.45, 7) is -0.194. The van der Waals surface area contributed by atoms with Crippen molar-refractivity contribution in [2.24, 2.45) is 0 Å². The zero-order valence-corrected chi connectivity index (χ0v) is 16.6. The Balaban J connectivity index is 1.90. The first-order valence-corrected chi connectivity index (χ1v) is 8.94. The number of hydrogen-bond donors (Lipinski definition) is 2. The molecule has 0 bridgehead atoms. The lowest BCUT2D eigenvalue weighted by Gasteiger charge is -2.13. The Hall–Kier alpha value is -2.67. The molecule has 6 nitrogen and oxygen atoms in total. The number of aliphatic hydroxyl groups is 1. The molecule has 28 heavy (non-hydrogen) atoms. The minimum atomic E-state index is -0.434. The number of furan rings is 1. The lowest BCUT2D eigenvalue weighted by atomic mass is 10.1. The van der Waals surface area contributed by atoms with Gasteiger partial charge in [-0.3, -0.25) is 4.79 Å². The number of amides is 1. The van der Waals surface area contributed by atoms with Crippen LogP contribution in [-0.2, 0) is 6.61 Å². The molecule has 0 aliphatic carbocycles. The molecule has 0 atom stereocenters. The van der Waals surface area contributed by atoms with E-state index in [1.165, 1.54) is 26.4 Å². The molecule has 8 heteroatoms. The number of methoxy groups -OCH3 is 2. The van der Waals surface area contributed by atoms with Gasteiger partial charge in [-0.25, -0.2) is 0 Å². The molecule has 2 aromatic carbocycles. The van der Waals surface area contributed by atoms with Gasteiger partial charge < -0.3 is 24.3 Å². The van der Waals surface area contributed by atoms with Crippen molar-refractivity contribution in [3.8, 4) is 22.8 Å². The third-order valence-corrected chi connectivity index (χ3v) is 4.50. The van der Waals surface area contributed by atoms with Crippen molar-refractivity contribution in [1.82, 2.24) is 0 Å². The van der Waals surface area contributed by atoms with E-state index in [9.17, 15) is 4.79 Å². The summed E-state index contributed by atoms with van der Waals surface area (Å²) in [6.07, 6.45) is 0. The van der Waals surface area contributed by atoms with Gasteiger partial charge in [0.1, 0.15) is 29.6 Å². The fourth-order valence-electron chi connectivity index (χ4n) is 2.72. The van der Waals surface area contributed by atoms with Crippen molar-refractivity contribution in [3.63, 3.8) is 0 Å². The predicted octanol–water partition coefficient (Wildman–Crippen LogP) is 5.02. The average molecular weight is 422 g/mol. The van der Waals surface area contributed by atoms with Gasteiger partial charge in [-0.2, -0.15) is 0 Å². The molecule has 0 saturated heterocycles. The van der Waals surface area contributed by atoms with Crippen molar-refractivity contribution in [3.05, 3.63) is 63.8 Å². The molecule has 146 valence electrons. The Labute approximate surface area is 171 Å². The summed E-state index contributed by atoms with van der Waals surface area (Å²) in [7, 11) is 2.94. The second-order valence-electron chi connectivity index (χ2n) is 5.76. The molecule has 1 amide bonds. The molecule has 0 fully saturated rings. The lowest BCUT2D eigenvalue weighted by Crippen LogP contribution is -2.13. The first-order valence-electron chi connectivity index (χ1n) is 8.19. The van der Waals surface area contributed by atoms with Crippen LogP contribution in [0.15, 0.2) is 46.9 Å². The van der Waals surface area contributed by atoms with E-state index in [0.29, 0.717) is 33.5 Å². The number of ether oxygens (including phenoxy) is 2. The van der Waals surface area contributed by atoms with E-state index in [0.717, 1.165) is 0 Å². The minimum absolute atomic E-state index is 0.194. The standard InChI is InChI=1S/C20H17Cl2NO5/c1-26-18-9-12(3-5-14(18)17-6-4-13(10-24)28-17)23-20(25)15-7-11(21)8-16(22)19(15)27-2/h3-9,24H,10H2,1-2H3,(H,23,25). The Bertz CT molecular complexity index is 1020. The van der Waals surface area contributed by atoms with Crippen LogP contribution in [0.25, 0.3) is 11.3 Å². The van der Waals surface area contributed by atoms with E-state index in [1.54, 1.807) is 30.3 Å². The van der Waals surface area contributed by atoms with E-state index in [4.69, 9.17) is 42.2 Å². The van der Waals surface area contributed by atoms with Gasteiger partial charge in [0.25, 0.3) is 5.91 Å². The summed E-state index contributed by atoms with van der Waals surface area (Å²) in [4.78, 5) is 12.7. The van der Waals surface area contributed by atoms with Gasteiger partial charge in [0.15, 0.2) is 0 Å². The van der Waals surface area contributed by atoms with Gasteiger partial charge >= 0.3 is 0 Å². The maximum absolute atomic E-state index is 12.7. The number of hydrogen-bond acceptors (Lipinski definition) is 5. The minimum Gasteiger partial charge on any atom is -0.496 e. The molecular formula is C20H17Cl2NO5. The van der Waals surface area contributed by atoms with Crippen LogP contribution < -0.4 is 14.8 Å². The average Bonchev–Trinajstić information content (AvgIpc) is 3.16. The van der Waals surface area contributed by atoms with Gasteiger partial charge in [-0.15, -0.1) is 0 Å². The van der Waals surface area contributed by atoms with Gasteiger partial charge in [0, 0.05) is 16.8 Å². The van der Waals surface area contributed by atoms with Gasteiger partial charge in [-0.05, 0) is 36.4 Å². The third kappa shape index (κ3) is 4.09. The monoisotopic (exact) mass is 421 g/mol. The zero-order chi connectivity index (χ0) is 20.3. The lowest BCUT2D eigenvalue weighted by molar-refractivity contribution is 0.102. The van der Waals surface area contributed by atoms with Gasteiger partial charge in [0.05, 0.1) is 30.4 Å². The number of carbonyl (C=O) groups is 1. The second kappa shape index (κ2) is 8.56. The maximum Gasteiger partial charge on any atom is 0.259 e.